The Bertz CT molecular complexity index is 1270. The molecule has 7 nitrogen and oxygen atoms in total. The lowest BCUT2D eigenvalue weighted by atomic mass is 10.2. The van der Waals surface area contributed by atoms with Crippen molar-refractivity contribution in [2.45, 2.75) is 40.7 Å². The summed E-state index contributed by atoms with van der Waals surface area (Å²) >= 11 is 0. The zero-order valence-corrected chi connectivity index (χ0v) is 21.3. The number of halogens is 1. The Hall–Kier alpha value is -3.65. The highest BCUT2D eigenvalue weighted by atomic mass is 19.1. The summed E-state index contributed by atoms with van der Waals surface area (Å²) in [5, 5.41) is 16.9. The van der Waals surface area contributed by atoms with Gasteiger partial charge in [0.2, 0.25) is 0 Å². The van der Waals surface area contributed by atoms with Gasteiger partial charge in [-0.1, -0.05) is 32.4 Å². The number of aryl methyl sites for hydroxylation is 2. The van der Waals surface area contributed by atoms with Gasteiger partial charge in [0.25, 0.3) is 0 Å². The van der Waals surface area contributed by atoms with Crippen LogP contribution in [0.3, 0.4) is 0 Å². The molecule has 4 rings (SSSR count). The lowest BCUT2D eigenvalue weighted by molar-refractivity contribution is 0.294. The van der Waals surface area contributed by atoms with Gasteiger partial charge in [-0.15, -0.1) is 5.10 Å². The number of hydrogen-bond donors (Lipinski definition) is 2. The second-order valence-corrected chi connectivity index (χ2v) is 8.17. The maximum atomic E-state index is 13.5. The molecule has 0 radical (unpaired) electrons. The number of anilines is 1. The molecule has 0 aliphatic carbocycles. The fourth-order valence-electron chi connectivity index (χ4n) is 3.72. The molecule has 4 aromatic rings. The van der Waals surface area contributed by atoms with Crippen molar-refractivity contribution in [2.24, 2.45) is 0 Å². The number of hydrogen-bond acceptors (Lipinski definition) is 6. The average Bonchev–Trinajstić information content (AvgIpc) is 3.20. The molecule has 0 fully saturated rings. The van der Waals surface area contributed by atoms with Gasteiger partial charge in [0.1, 0.15) is 24.0 Å². The molecule has 186 valence electrons. The first-order valence-electron chi connectivity index (χ1n) is 11.7. The number of fused-ring (bicyclic) bond motifs is 1. The van der Waals surface area contributed by atoms with Gasteiger partial charge in [0.15, 0.2) is 5.82 Å². The van der Waals surface area contributed by atoms with E-state index in [4.69, 9.17) is 9.47 Å². The summed E-state index contributed by atoms with van der Waals surface area (Å²) in [4.78, 5) is 0. The summed E-state index contributed by atoms with van der Waals surface area (Å²) in [7, 11) is 3.46. The van der Waals surface area contributed by atoms with E-state index < -0.39 is 0 Å². The molecule has 0 amide bonds. The predicted molar refractivity (Wildman–Crippen MR) is 139 cm³/mol. The smallest absolute Gasteiger partial charge is 0.158 e. The van der Waals surface area contributed by atoms with Crippen LogP contribution in [0.15, 0.2) is 48.7 Å². The molecule has 2 aromatic carbocycles. The van der Waals surface area contributed by atoms with Crippen LogP contribution in [-0.4, -0.2) is 35.7 Å². The minimum absolute atomic E-state index is 0.263. The minimum Gasteiger partial charge on any atom is -0.494 e. The minimum atomic E-state index is -0.263. The summed E-state index contributed by atoms with van der Waals surface area (Å²) in [5.74, 6) is 1.79. The largest absolute Gasteiger partial charge is 0.494 e. The lowest BCUT2D eigenvalue weighted by Gasteiger charge is -2.14. The summed E-state index contributed by atoms with van der Waals surface area (Å²) in [5.41, 5.74) is 3.53. The zero-order valence-electron chi connectivity index (χ0n) is 21.3. The van der Waals surface area contributed by atoms with E-state index in [9.17, 15) is 4.39 Å². The van der Waals surface area contributed by atoms with E-state index in [1.165, 1.54) is 18.6 Å². The Balaban J connectivity index is 0.00000108. The molecule has 0 aliphatic heterocycles. The summed E-state index contributed by atoms with van der Waals surface area (Å²) in [6.07, 6.45) is 3.29. The van der Waals surface area contributed by atoms with Crippen molar-refractivity contribution in [3.05, 3.63) is 71.4 Å². The van der Waals surface area contributed by atoms with Crippen LogP contribution in [0.2, 0.25) is 0 Å². The molecule has 0 saturated heterocycles. The maximum absolute atomic E-state index is 13.5. The monoisotopic (exact) mass is 479 g/mol. The average molecular weight is 480 g/mol. The number of methoxy groups -OCH3 is 1. The predicted octanol–water partition coefficient (Wildman–Crippen LogP) is 5.77. The number of aromatic nitrogens is 3. The third kappa shape index (κ3) is 6.08. The molecule has 2 aromatic heterocycles. The molecule has 35 heavy (non-hydrogen) atoms. The first-order valence-corrected chi connectivity index (χ1v) is 11.7. The highest BCUT2D eigenvalue weighted by Gasteiger charge is 2.17. The van der Waals surface area contributed by atoms with Gasteiger partial charge in [-0.2, -0.15) is 5.10 Å². The van der Waals surface area contributed by atoms with Gasteiger partial charge in [0, 0.05) is 35.3 Å². The normalized spacial score (nSPS) is 10.6. The third-order valence-electron chi connectivity index (χ3n) is 5.32. The van der Waals surface area contributed by atoms with Crippen LogP contribution in [0.25, 0.3) is 16.5 Å². The zero-order chi connectivity index (χ0) is 25.4. The molecule has 0 aliphatic rings. The summed E-state index contributed by atoms with van der Waals surface area (Å²) < 4.78 is 26.9. The van der Waals surface area contributed by atoms with Gasteiger partial charge in [0.05, 0.1) is 18.5 Å². The van der Waals surface area contributed by atoms with Crippen molar-refractivity contribution in [1.29, 1.82) is 0 Å². The van der Waals surface area contributed by atoms with Crippen LogP contribution in [0.1, 0.15) is 37.2 Å². The standard InChI is InChI=1S/C24H26FN5O2.C3H8/c1-15-20-13-30(21-9-8-19(32-14-26-3)11-22(21)31-4)16(2)23(20)24(29-28-15)27-12-17-6-5-7-18(25)10-17;1-3-2/h5-11,13,26H,12,14H2,1-4H3,(H,27,29);3H2,1-2H3. The Morgan fingerprint density at radius 2 is 1.83 bits per heavy atom. The number of rotatable bonds is 8. The molecule has 0 atom stereocenters. The first-order chi connectivity index (χ1) is 16.9. The number of benzene rings is 2. The number of ether oxygens (including phenoxy) is 2. The Morgan fingerprint density at radius 3 is 2.51 bits per heavy atom. The quantitative estimate of drug-likeness (QED) is 0.313. The fourth-order valence-corrected chi connectivity index (χ4v) is 3.72. The SMILES string of the molecule is CCC.CNCOc1ccc(-n2cc3c(C)nnc(NCc4cccc(F)c4)c3c2C)c(OC)c1. The summed E-state index contributed by atoms with van der Waals surface area (Å²) in [6.45, 7) is 9.06. The molecule has 2 N–H and O–H groups in total. The molecular weight excluding hydrogens is 445 g/mol. The van der Waals surface area contributed by atoms with Gasteiger partial charge in [-0.25, -0.2) is 4.39 Å². The van der Waals surface area contributed by atoms with Crippen LogP contribution >= 0.6 is 0 Å². The van der Waals surface area contributed by atoms with Gasteiger partial charge >= 0.3 is 0 Å². The van der Waals surface area contributed by atoms with Gasteiger partial charge in [-0.3, -0.25) is 5.32 Å². The molecule has 8 heteroatoms. The van der Waals surface area contributed by atoms with Crippen LogP contribution in [0.4, 0.5) is 10.2 Å². The van der Waals surface area contributed by atoms with E-state index in [0.717, 1.165) is 33.4 Å². The molecule has 0 unspecified atom stereocenters. The van der Waals surface area contributed by atoms with Gasteiger partial charge in [-0.05, 0) is 50.7 Å². The van der Waals surface area contributed by atoms with Crippen molar-refractivity contribution >= 4 is 16.6 Å². The summed E-state index contributed by atoms with van der Waals surface area (Å²) in [6, 6.07) is 12.2. The highest BCUT2D eigenvalue weighted by molar-refractivity contribution is 5.96. The van der Waals surface area contributed by atoms with Crippen molar-refractivity contribution < 1.29 is 13.9 Å². The van der Waals surface area contributed by atoms with Crippen LogP contribution < -0.4 is 20.1 Å². The van der Waals surface area contributed by atoms with E-state index in [0.29, 0.717) is 30.6 Å². The van der Waals surface area contributed by atoms with Gasteiger partial charge < -0.3 is 19.4 Å². The van der Waals surface area contributed by atoms with E-state index >= 15 is 0 Å². The topological polar surface area (TPSA) is 73.2 Å². The van der Waals surface area contributed by atoms with E-state index in [1.54, 1.807) is 13.2 Å². The van der Waals surface area contributed by atoms with Crippen molar-refractivity contribution in [1.82, 2.24) is 20.1 Å². The van der Waals surface area contributed by atoms with E-state index in [-0.39, 0.29) is 5.82 Å². The Labute approximate surface area is 206 Å². The molecule has 0 bridgehead atoms. The van der Waals surface area contributed by atoms with Crippen molar-refractivity contribution in [3.63, 3.8) is 0 Å². The van der Waals surface area contributed by atoms with Crippen LogP contribution in [0, 0.1) is 19.7 Å². The first kappa shape index (κ1) is 26.0. The Morgan fingerprint density at radius 1 is 1.06 bits per heavy atom. The van der Waals surface area contributed by atoms with Crippen molar-refractivity contribution in [3.8, 4) is 17.2 Å². The second-order valence-electron chi connectivity index (χ2n) is 8.17. The maximum Gasteiger partial charge on any atom is 0.158 e. The molecule has 0 saturated carbocycles. The molecule has 2 heterocycles. The lowest BCUT2D eigenvalue weighted by Crippen LogP contribution is -2.14. The van der Waals surface area contributed by atoms with Crippen molar-refractivity contribution in [2.75, 3.05) is 26.2 Å². The van der Waals surface area contributed by atoms with E-state index in [2.05, 4.69) is 39.2 Å². The van der Waals surface area contributed by atoms with Crippen LogP contribution in [0.5, 0.6) is 11.5 Å². The molecule has 0 spiro atoms. The third-order valence-corrected chi connectivity index (χ3v) is 5.32. The highest BCUT2D eigenvalue weighted by Crippen LogP contribution is 2.35. The second kappa shape index (κ2) is 12.2. The number of nitrogens with zero attached hydrogens (tertiary/aromatic N) is 3. The molecular formula is C27H34FN5O2. The fraction of sp³-hybridized carbons (Fsp3) is 0.333. The number of nitrogens with one attached hydrogen (secondary N) is 2. The van der Waals surface area contributed by atoms with E-state index in [1.807, 2.05) is 51.4 Å². The Kier molecular flexibility index (Phi) is 9.03. The van der Waals surface area contributed by atoms with Crippen LogP contribution in [-0.2, 0) is 6.54 Å².